The summed E-state index contributed by atoms with van der Waals surface area (Å²) in [6.45, 7) is 5.51. The van der Waals surface area contributed by atoms with Crippen LogP contribution in [0.3, 0.4) is 0 Å². The molecule has 9 heteroatoms. The van der Waals surface area contributed by atoms with E-state index in [1.807, 2.05) is 42.2 Å². The maximum atomic E-state index is 13.8. The van der Waals surface area contributed by atoms with Gasteiger partial charge in [-0.3, -0.25) is 4.79 Å². The molecule has 180 valence electrons. The summed E-state index contributed by atoms with van der Waals surface area (Å²) in [5, 5.41) is 5.41. The fourth-order valence-electron chi connectivity index (χ4n) is 5.16. The number of rotatable bonds is 4. The first-order chi connectivity index (χ1) is 16.3. The van der Waals surface area contributed by atoms with Gasteiger partial charge in [0.15, 0.2) is 15.5 Å². The zero-order valence-electron chi connectivity index (χ0n) is 19.8. The summed E-state index contributed by atoms with van der Waals surface area (Å²) in [6, 6.07) is 9.13. The van der Waals surface area contributed by atoms with E-state index in [0.29, 0.717) is 40.3 Å². The van der Waals surface area contributed by atoms with Gasteiger partial charge in [0.1, 0.15) is 5.75 Å². The van der Waals surface area contributed by atoms with Gasteiger partial charge in [0.2, 0.25) is 0 Å². The van der Waals surface area contributed by atoms with Crippen LogP contribution in [0.1, 0.15) is 48.3 Å². The Kier molecular flexibility index (Phi) is 5.83. The number of methoxy groups -OCH3 is 1. The largest absolute Gasteiger partial charge is 0.497 e. The highest BCUT2D eigenvalue weighted by molar-refractivity contribution is 7.91. The number of ether oxygens (including phenoxy) is 1. The van der Waals surface area contributed by atoms with E-state index in [4.69, 9.17) is 14.8 Å². The van der Waals surface area contributed by atoms with Crippen molar-refractivity contribution in [2.24, 2.45) is 5.92 Å². The highest BCUT2D eigenvalue weighted by Crippen LogP contribution is 2.33. The second-order valence-electron chi connectivity index (χ2n) is 9.57. The van der Waals surface area contributed by atoms with Crippen LogP contribution in [-0.2, 0) is 9.84 Å². The maximum absolute atomic E-state index is 13.8. The molecule has 2 saturated heterocycles. The lowest BCUT2D eigenvalue weighted by Crippen LogP contribution is -2.39. The van der Waals surface area contributed by atoms with Gasteiger partial charge in [0.25, 0.3) is 5.91 Å². The third-order valence-corrected chi connectivity index (χ3v) is 8.70. The first kappa shape index (κ1) is 22.8. The number of aromatic nitrogens is 3. The molecule has 2 fully saturated rings. The average Bonchev–Trinajstić information content (AvgIpc) is 3.36. The van der Waals surface area contributed by atoms with Gasteiger partial charge >= 0.3 is 0 Å². The zero-order chi connectivity index (χ0) is 24.0. The summed E-state index contributed by atoms with van der Waals surface area (Å²) in [5.74, 6) is 1.37. The van der Waals surface area contributed by atoms with Crippen LogP contribution >= 0.6 is 0 Å². The van der Waals surface area contributed by atoms with E-state index < -0.39 is 9.84 Å². The average molecular weight is 483 g/mol. The van der Waals surface area contributed by atoms with E-state index in [1.54, 1.807) is 11.8 Å². The molecule has 4 heterocycles. The van der Waals surface area contributed by atoms with Gasteiger partial charge in [0.05, 0.1) is 47.0 Å². The van der Waals surface area contributed by atoms with Crippen molar-refractivity contribution in [3.8, 4) is 17.0 Å². The first-order valence-corrected chi connectivity index (χ1v) is 13.6. The van der Waals surface area contributed by atoms with Crippen molar-refractivity contribution in [1.82, 2.24) is 19.7 Å². The van der Waals surface area contributed by atoms with E-state index in [1.165, 1.54) is 0 Å². The van der Waals surface area contributed by atoms with Crippen LogP contribution in [0.5, 0.6) is 5.75 Å². The zero-order valence-corrected chi connectivity index (χ0v) is 20.6. The Morgan fingerprint density at radius 3 is 2.59 bits per heavy atom. The minimum Gasteiger partial charge on any atom is -0.497 e. The first-order valence-electron chi connectivity index (χ1n) is 11.8. The summed E-state index contributed by atoms with van der Waals surface area (Å²) in [5.41, 5.74) is 3.36. The van der Waals surface area contributed by atoms with Gasteiger partial charge in [0, 0.05) is 18.7 Å². The van der Waals surface area contributed by atoms with E-state index in [-0.39, 0.29) is 23.5 Å². The van der Waals surface area contributed by atoms with Crippen LogP contribution in [0.15, 0.2) is 30.3 Å². The summed E-state index contributed by atoms with van der Waals surface area (Å²) in [6.07, 6.45) is 2.62. The number of likely N-dealkylation sites (tertiary alicyclic amines) is 1. The molecule has 0 aliphatic carbocycles. The number of sulfone groups is 1. The molecule has 5 rings (SSSR count). The summed E-state index contributed by atoms with van der Waals surface area (Å²) in [4.78, 5) is 20.6. The maximum Gasteiger partial charge on any atom is 0.254 e. The molecule has 0 N–H and O–H groups in total. The number of nitrogens with zero attached hydrogens (tertiary/aromatic N) is 4. The fraction of sp³-hybridized carbons (Fsp3) is 0.480. The van der Waals surface area contributed by atoms with Crippen molar-refractivity contribution >= 4 is 26.8 Å². The third-order valence-electron chi connectivity index (χ3n) is 6.95. The molecule has 2 aliphatic heterocycles. The molecule has 8 nitrogen and oxygen atoms in total. The van der Waals surface area contributed by atoms with Gasteiger partial charge in [-0.05, 0) is 62.4 Å². The third kappa shape index (κ3) is 4.17. The van der Waals surface area contributed by atoms with Crippen molar-refractivity contribution in [2.45, 2.75) is 39.2 Å². The molecule has 1 amide bonds. The number of carbonyl (C=O) groups excluding carboxylic acids is 1. The smallest absolute Gasteiger partial charge is 0.254 e. The van der Waals surface area contributed by atoms with Gasteiger partial charge < -0.3 is 9.64 Å². The van der Waals surface area contributed by atoms with Crippen molar-refractivity contribution in [3.63, 3.8) is 0 Å². The second kappa shape index (κ2) is 8.69. The van der Waals surface area contributed by atoms with Crippen LogP contribution < -0.4 is 4.74 Å². The molecule has 0 spiro atoms. The molecule has 0 unspecified atom stereocenters. The lowest BCUT2D eigenvalue weighted by molar-refractivity contribution is 0.0685. The number of aryl methyl sites for hydroxylation is 1. The highest BCUT2D eigenvalue weighted by Gasteiger charge is 2.33. The van der Waals surface area contributed by atoms with Crippen molar-refractivity contribution in [1.29, 1.82) is 0 Å². The predicted octanol–water partition coefficient (Wildman–Crippen LogP) is 3.65. The standard InChI is InChI=1S/C25H30N4O4S/c1-16-5-4-11-28(14-16)25(30)21-13-22(18-6-8-20(33-3)9-7-18)26-24-23(21)17(2)27-29(24)19-10-12-34(31,32)15-19/h6-9,13,16,19H,4-5,10-12,14-15H2,1-3H3/t16-,19-/m0/s1. The Morgan fingerprint density at radius 1 is 1.18 bits per heavy atom. The van der Waals surface area contributed by atoms with Gasteiger partial charge in [-0.25, -0.2) is 18.1 Å². The topological polar surface area (TPSA) is 94.4 Å². The van der Waals surface area contributed by atoms with E-state index in [9.17, 15) is 13.2 Å². The number of amides is 1. The van der Waals surface area contributed by atoms with Crippen LogP contribution in [0.25, 0.3) is 22.3 Å². The Hall–Kier alpha value is -2.94. The van der Waals surface area contributed by atoms with Crippen molar-refractivity contribution in [2.75, 3.05) is 31.7 Å². The normalized spacial score (nSPS) is 22.3. The van der Waals surface area contributed by atoms with E-state index in [2.05, 4.69) is 6.92 Å². The van der Waals surface area contributed by atoms with E-state index in [0.717, 1.165) is 37.2 Å². The molecule has 2 aliphatic rings. The minimum absolute atomic E-state index is 0.0181. The molecule has 1 aromatic carbocycles. The summed E-state index contributed by atoms with van der Waals surface area (Å²) >= 11 is 0. The van der Waals surface area contributed by atoms with Crippen LogP contribution in [0.2, 0.25) is 0 Å². The van der Waals surface area contributed by atoms with Gasteiger partial charge in [-0.15, -0.1) is 0 Å². The molecule has 34 heavy (non-hydrogen) atoms. The SMILES string of the molecule is COc1ccc(-c2cc(C(=O)N3CCC[C@H](C)C3)c3c(C)nn([C@H]4CCS(=O)(=O)C4)c3n2)cc1. The molecule has 2 atom stereocenters. The fourth-order valence-corrected chi connectivity index (χ4v) is 6.85. The Balaban J connectivity index is 1.68. The number of hydrogen-bond acceptors (Lipinski definition) is 6. The lowest BCUT2D eigenvalue weighted by Gasteiger charge is -2.31. The summed E-state index contributed by atoms with van der Waals surface area (Å²) < 4.78 is 31.4. The van der Waals surface area contributed by atoms with Crippen molar-refractivity contribution in [3.05, 3.63) is 41.6 Å². The number of benzene rings is 1. The number of hydrogen-bond donors (Lipinski definition) is 0. The van der Waals surface area contributed by atoms with Crippen LogP contribution in [0, 0.1) is 12.8 Å². The molecule has 2 aromatic heterocycles. The molecule has 0 bridgehead atoms. The number of fused-ring (bicyclic) bond motifs is 1. The molecular formula is C25H30N4O4S. The minimum atomic E-state index is -3.10. The van der Waals surface area contributed by atoms with E-state index >= 15 is 0 Å². The molecule has 3 aromatic rings. The molecular weight excluding hydrogens is 452 g/mol. The molecule has 0 saturated carbocycles. The number of piperidine rings is 1. The van der Waals surface area contributed by atoms with Crippen molar-refractivity contribution < 1.29 is 17.9 Å². The number of carbonyl (C=O) groups is 1. The number of pyridine rings is 1. The lowest BCUT2D eigenvalue weighted by atomic mass is 9.98. The summed E-state index contributed by atoms with van der Waals surface area (Å²) in [7, 11) is -1.48. The second-order valence-corrected chi connectivity index (χ2v) is 11.8. The predicted molar refractivity (Wildman–Crippen MR) is 131 cm³/mol. The van der Waals surface area contributed by atoms with Crippen LogP contribution in [-0.4, -0.2) is 65.7 Å². The Morgan fingerprint density at radius 2 is 1.94 bits per heavy atom. The van der Waals surface area contributed by atoms with Gasteiger partial charge in [-0.1, -0.05) is 6.92 Å². The monoisotopic (exact) mass is 482 g/mol. The highest BCUT2D eigenvalue weighted by atomic mass is 32.2. The van der Waals surface area contributed by atoms with Gasteiger partial charge in [-0.2, -0.15) is 5.10 Å². The van der Waals surface area contributed by atoms with Crippen LogP contribution in [0.4, 0.5) is 0 Å². The quantitative estimate of drug-likeness (QED) is 0.563. The molecule has 0 radical (unpaired) electrons. The Bertz CT molecular complexity index is 1350. The Labute approximate surface area is 199 Å².